The van der Waals surface area contributed by atoms with Crippen LogP contribution in [-0.2, 0) is 0 Å². The molecule has 30 heavy (non-hydrogen) atoms. The van der Waals surface area contributed by atoms with E-state index in [9.17, 15) is 18.3 Å². The number of aliphatic hydroxyl groups excluding tert-OH is 1. The van der Waals surface area contributed by atoms with Crippen molar-refractivity contribution in [3.05, 3.63) is 29.8 Å². The maximum atomic E-state index is 12.2. The molecule has 0 bridgehead atoms. The van der Waals surface area contributed by atoms with Crippen molar-refractivity contribution in [2.24, 2.45) is 4.99 Å². The normalized spacial score (nSPS) is 19.7. The summed E-state index contributed by atoms with van der Waals surface area (Å²) < 4.78 is 40.5. The average molecular weight is 542 g/mol. The van der Waals surface area contributed by atoms with Gasteiger partial charge in [0, 0.05) is 31.7 Å². The number of aliphatic hydroxyl groups is 1. The molecule has 1 aromatic rings. The van der Waals surface area contributed by atoms with Gasteiger partial charge in [-0.25, -0.2) is 0 Å². The van der Waals surface area contributed by atoms with Gasteiger partial charge in [0.25, 0.3) is 0 Å². The maximum absolute atomic E-state index is 12.2. The van der Waals surface area contributed by atoms with Crippen molar-refractivity contribution in [2.75, 3.05) is 26.2 Å². The highest BCUT2D eigenvalue weighted by Crippen LogP contribution is 2.29. The molecule has 0 aromatic heterocycles. The number of hydrogen-bond donors (Lipinski definition) is 3. The number of benzene rings is 1. The Morgan fingerprint density at radius 2 is 1.83 bits per heavy atom. The van der Waals surface area contributed by atoms with E-state index in [1.165, 1.54) is 37.1 Å². The van der Waals surface area contributed by atoms with Crippen LogP contribution in [0.25, 0.3) is 0 Å². The summed E-state index contributed by atoms with van der Waals surface area (Å²) in [6, 6.07) is 6.34. The van der Waals surface area contributed by atoms with E-state index in [1.54, 1.807) is 0 Å². The number of nitrogens with one attached hydrogen (secondary N) is 2. The third-order valence-corrected chi connectivity index (χ3v) is 5.20. The lowest BCUT2D eigenvalue weighted by Crippen LogP contribution is -2.49. The quantitative estimate of drug-likeness (QED) is 0.280. The van der Waals surface area contributed by atoms with Crippen LogP contribution < -0.4 is 15.4 Å². The van der Waals surface area contributed by atoms with Crippen LogP contribution in [0.4, 0.5) is 13.2 Å². The number of halogens is 4. The third kappa shape index (κ3) is 8.10. The summed E-state index contributed by atoms with van der Waals surface area (Å²) in [6.07, 6.45) is -0.880. The molecule has 0 spiro atoms. The second kappa shape index (κ2) is 11.4. The summed E-state index contributed by atoms with van der Waals surface area (Å²) in [5.41, 5.74) is 0.483. The third-order valence-electron chi connectivity index (χ3n) is 5.20. The number of alkyl halides is 3. The fourth-order valence-electron chi connectivity index (χ4n) is 3.54. The Kier molecular flexibility index (Phi) is 9.48. The lowest BCUT2D eigenvalue weighted by atomic mass is 10.1. The van der Waals surface area contributed by atoms with Crippen LogP contribution in [0.2, 0.25) is 0 Å². The van der Waals surface area contributed by atoms with Crippen molar-refractivity contribution in [2.45, 2.75) is 57.2 Å². The summed E-state index contributed by atoms with van der Waals surface area (Å²) in [7, 11) is 0. The molecule has 1 aliphatic heterocycles. The minimum atomic E-state index is -4.73. The van der Waals surface area contributed by atoms with Gasteiger partial charge in [-0.05, 0) is 50.3 Å². The Bertz CT molecular complexity index is 676. The van der Waals surface area contributed by atoms with E-state index in [2.05, 4.69) is 25.3 Å². The number of guanidine groups is 1. The zero-order valence-corrected chi connectivity index (χ0v) is 19.3. The summed E-state index contributed by atoms with van der Waals surface area (Å²) in [5.74, 6) is 0.331. The van der Waals surface area contributed by atoms with Gasteiger partial charge >= 0.3 is 6.36 Å². The molecule has 1 saturated heterocycles. The molecule has 0 radical (unpaired) electrons. The first-order chi connectivity index (χ1) is 13.8. The van der Waals surface area contributed by atoms with E-state index in [-0.39, 0.29) is 36.3 Å². The predicted octanol–water partition coefficient (Wildman–Crippen LogP) is 3.42. The van der Waals surface area contributed by atoms with E-state index >= 15 is 0 Å². The molecule has 2 fully saturated rings. The zero-order valence-electron chi connectivity index (χ0n) is 17.0. The van der Waals surface area contributed by atoms with Crippen LogP contribution in [0, 0.1) is 0 Å². The zero-order chi connectivity index (χ0) is 20.9. The molecule has 3 rings (SSSR count). The topological polar surface area (TPSA) is 69.1 Å². The Morgan fingerprint density at radius 1 is 1.20 bits per heavy atom. The van der Waals surface area contributed by atoms with Gasteiger partial charge in [0.1, 0.15) is 5.75 Å². The molecular formula is C20H30F3IN4O2. The van der Waals surface area contributed by atoms with Crippen molar-refractivity contribution in [3.8, 4) is 5.75 Å². The summed E-state index contributed by atoms with van der Waals surface area (Å²) >= 11 is 0. The lowest BCUT2D eigenvalue weighted by molar-refractivity contribution is -0.274. The van der Waals surface area contributed by atoms with E-state index in [0.29, 0.717) is 24.1 Å². The predicted molar refractivity (Wildman–Crippen MR) is 120 cm³/mol. The van der Waals surface area contributed by atoms with Crippen molar-refractivity contribution in [1.29, 1.82) is 0 Å². The first-order valence-electron chi connectivity index (χ1n) is 10.2. The van der Waals surface area contributed by atoms with Crippen molar-refractivity contribution in [3.63, 3.8) is 0 Å². The largest absolute Gasteiger partial charge is 0.573 e. The van der Waals surface area contributed by atoms with Gasteiger partial charge in [-0.3, -0.25) is 4.99 Å². The van der Waals surface area contributed by atoms with Crippen molar-refractivity contribution in [1.82, 2.24) is 15.5 Å². The molecule has 1 atom stereocenters. The molecule has 1 saturated carbocycles. The molecule has 170 valence electrons. The van der Waals surface area contributed by atoms with Gasteiger partial charge in [0.05, 0.1) is 12.6 Å². The fraction of sp³-hybridized carbons (Fsp3) is 0.650. The maximum Gasteiger partial charge on any atom is 0.573 e. The van der Waals surface area contributed by atoms with Gasteiger partial charge < -0.3 is 25.4 Å². The molecule has 1 heterocycles. The van der Waals surface area contributed by atoms with E-state index in [0.717, 1.165) is 32.0 Å². The first kappa shape index (κ1) is 25.0. The number of nitrogens with zero attached hydrogens (tertiary/aromatic N) is 2. The van der Waals surface area contributed by atoms with E-state index in [4.69, 9.17) is 0 Å². The molecule has 6 nitrogen and oxygen atoms in total. The number of piperidine rings is 1. The molecule has 2 aliphatic rings. The highest BCUT2D eigenvalue weighted by atomic mass is 127. The molecule has 1 aromatic carbocycles. The number of aliphatic imine (C=N–C) groups is 1. The molecule has 10 heteroatoms. The highest BCUT2D eigenvalue weighted by molar-refractivity contribution is 14.0. The second-order valence-electron chi connectivity index (χ2n) is 7.54. The van der Waals surface area contributed by atoms with E-state index < -0.39 is 12.5 Å². The SMILES string of the molecule is CCNC(=NCC(O)c1ccc(OC(F)(F)F)cc1)NC1CCN(C2CC2)CC1.I. The van der Waals surface area contributed by atoms with Crippen molar-refractivity contribution >= 4 is 29.9 Å². The number of rotatable bonds is 7. The van der Waals surface area contributed by atoms with Gasteiger partial charge in [0.2, 0.25) is 0 Å². The summed E-state index contributed by atoms with van der Waals surface area (Å²) in [6.45, 7) is 4.97. The molecule has 1 aliphatic carbocycles. The summed E-state index contributed by atoms with van der Waals surface area (Å²) in [5, 5.41) is 17.0. The van der Waals surface area contributed by atoms with Crippen LogP contribution >= 0.6 is 24.0 Å². The molecule has 3 N–H and O–H groups in total. The van der Waals surface area contributed by atoms with Crippen LogP contribution in [0.1, 0.15) is 44.3 Å². The van der Waals surface area contributed by atoms with Crippen molar-refractivity contribution < 1.29 is 23.0 Å². The second-order valence-corrected chi connectivity index (χ2v) is 7.54. The van der Waals surface area contributed by atoms with Gasteiger partial charge in [-0.1, -0.05) is 12.1 Å². The Morgan fingerprint density at radius 3 is 2.37 bits per heavy atom. The minimum Gasteiger partial charge on any atom is -0.406 e. The molecular weight excluding hydrogens is 512 g/mol. The lowest BCUT2D eigenvalue weighted by Gasteiger charge is -2.33. The van der Waals surface area contributed by atoms with Crippen LogP contribution in [-0.4, -0.2) is 60.6 Å². The van der Waals surface area contributed by atoms with Crippen LogP contribution in [0.15, 0.2) is 29.3 Å². The molecule has 0 amide bonds. The number of hydrogen-bond acceptors (Lipinski definition) is 4. The van der Waals surface area contributed by atoms with Crippen LogP contribution in [0.3, 0.4) is 0 Å². The standard InChI is InChI=1S/C20H29F3N4O2.HI/c1-2-24-19(26-15-9-11-27(12-10-15)16-5-6-16)25-13-18(28)14-3-7-17(8-4-14)29-20(21,22)23;/h3-4,7-8,15-16,18,28H,2,5-6,9-13H2,1H3,(H2,24,25,26);1H. The van der Waals surface area contributed by atoms with Crippen LogP contribution in [0.5, 0.6) is 5.75 Å². The number of ether oxygens (including phenoxy) is 1. The van der Waals surface area contributed by atoms with Gasteiger partial charge in [0.15, 0.2) is 5.96 Å². The monoisotopic (exact) mass is 542 g/mol. The fourth-order valence-corrected chi connectivity index (χ4v) is 3.54. The Balaban J connectivity index is 0.00000320. The Hall–Kier alpha value is -1.27. The van der Waals surface area contributed by atoms with Gasteiger partial charge in [-0.2, -0.15) is 0 Å². The average Bonchev–Trinajstić information content (AvgIpc) is 3.51. The highest BCUT2D eigenvalue weighted by Gasteiger charge is 2.32. The smallest absolute Gasteiger partial charge is 0.406 e. The van der Waals surface area contributed by atoms with E-state index in [1.807, 2.05) is 6.92 Å². The first-order valence-corrected chi connectivity index (χ1v) is 10.2. The summed E-state index contributed by atoms with van der Waals surface area (Å²) in [4.78, 5) is 7.01. The molecule has 1 unspecified atom stereocenters. The Labute approximate surface area is 192 Å². The minimum absolute atomic E-state index is 0. The number of likely N-dealkylation sites (tertiary alicyclic amines) is 1. The van der Waals surface area contributed by atoms with Gasteiger partial charge in [-0.15, -0.1) is 37.1 Å².